The monoisotopic (exact) mass is 494 g/mol. The molecule has 36 heavy (non-hydrogen) atoms. The predicted molar refractivity (Wildman–Crippen MR) is 128 cm³/mol. The van der Waals surface area contributed by atoms with E-state index in [0.717, 1.165) is 17.8 Å². The van der Waals surface area contributed by atoms with Crippen molar-refractivity contribution in [1.82, 2.24) is 29.7 Å². The third kappa shape index (κ3) is 4.70. The van der Waals surface area contributed by atoms with Crippen LogP contribution in [0.25, 0.3) is 11.4 Å². The SMILES string of the molecule is Cc1cnc(-c2ccnc(C3(O)CC3)n2)cc1C(=O)N1C[C@H](C)N(Cc2ncc(F)cc2F)C[C@H]1C. The van der Waals surface area contributed by atoms with E-state index in [9.17, 15) is 18.7 Å². The van der Waals surface area contributed by atoms with Crippen LogP contribution in [-0.2, 0) is 12.1 Å². The van der Waals surface area contributed by atoms with Gasteiger partial charge in [-0.2, -0.15) is 0 Å². The van der Waals surface area contributed by atoms with Crippen LogP contribution in [0, 0.1) is 18.6 Å². The van der Waals surface area contributed by atoms with Crippen LogP contribution in [-0.4, -0.2) is 65.9 Å². The summed E-state index contributed by atoms with van der Waals surface area (Å²) in [5.41, 5.74) is 1.59. The zero-order valence-electron chi connectivity index (χ0n) is 20.4. The molecule has 0 bridgehead atoms. The molecule has 188 valence electrons. The third-order valence-corrected chi connectivity index (χ3v) is 7.00. The van der Waals surface area contributed by atoms with E-state index >= 15 is 0 Å². The highest BCUT2D eigenvalue weighted by atomic mass is 19.1. The van der Waals surface area contributed by atoms with Crippen molar-refractivity contribution in [3.05, 3.63) is 71.1 Å². The van der Waals surface area contributed by atoms with Crippen molar-refractivity contribution in [2.24, 2.45) is 0 Å². The molecule has 2 fully saturated rings. The fourth-order valence-electron chi connectivity index (χ4n) is 4.57. The molecule has 0 aromatic carbocycles. The Morgan fingerprint density at radius 2 is 1.86 bits per heavy atom. The van der Waals surface area contributed by atoms with Gasteiger partial charge in [0, 0.05) is 55.7 Å². The molecule has 0 spiro atoms. The summed E-state index contributed by atoms with van der Waals surface area (Å²) in [6, 6.07) is 4.10. The van der Waals surface area contributed by atoms with Crippen LogP contribution < -0.4 is 0 Å². The maximum atomic E-state index is 14.1. The maximum absolute atomic E-state index is 14.1. The molecule has 10 heteroatoms. The molecule has 4 heterocycles. The largest absolute Gasteiger partial charge is 0.382 e. The van der Waals surface area contributed by atoms with Gasteiger partial charge in [0.1, 0.15) is 17.2 Å². The van der Waals surface area contributed by atoms with Crippen molar-refractivity contribution in [2.75, 3.05) is 13.1 Å². The Balaban J connectivity index is 1.35. The zero-order chi connectivity index (χ0) is 25.6. The minimum atomic E-state index is -0.961. The number of piperazine rings is 1. The molecular formula is C26H28F2N6O2. The predicted octanol–water partition coefficient (Wildman–Crippen LogP) is 3.24. The highest BCUT2D eigenvalue weighted by molar-refractivity contribution is 5.96. The van der Waals surface area contributed by atoms with Gasteiger partial charge >= 0.3 is 0 Å². The number of aromatic nitrogens is 4. The fraction of sp³-hybridized carbons (Fsp3) is 0.423. The summed E-state index contributed by atoms with van der Waals surface area (Å²) in [4.78, 5) is 34.6. The second-order valence-electron chi connectivity index (χ2n) is 9.85. The number of aliphatic hydroxyl groups is 1. The number of carbonyl (C=O) groups excluding carboxylic acids is 1. The number of pyridine rings is 2. The minimum Gasteiger partial charge on any atom is -0.382 e. The van der Waals surface area contributed by atoms with Gasteiger partial charge in [-0.05, 0) is 51.3 Å². The summed E-state index contributed by atoms with van der Waals surface area (Å²) in [6.07, 6.45) is 5.53. The lowest BCUT2D eigenvalue weighted by Crippen LogP contribution is -2.57. The van der Waals surface area contributed by atoms with Gasteiger partial charge in [-0.1, -0.05) is 0 Å². The van der Waals surface area contributed by atoms with Crippen LogP contribution in [0.15, 0.2) is 36.8 Å². The molecule has 1 aliphatic heterocycles. The summed E-state index contributed by atoms with van der Waals surface area (Å²) >= 11 is 0. The van der Waals surface area contributed by atoms with Crippen LogP contribution >= 0.6 is 0 Å². The van der Waals surface area contributed by atoms with E-state index in [0.29, 0.717) is 48.7 Å². The number of carbonyl (C=O) groups is 1. The lowest BCUT2D eigenvalue weighted by Gasteiger charge is -2.44. The Kier molecular flexibility index (Phi) is 6.25. The third-order valence-electron chi connectivity index (χ3n) is 7.00. The van der Waals surface area contributed by atoms with Gasteiger partial charge in [0.25, 0.3) is 5.91 Å². The molecule has 3 aromatic rings. The lowest BCUT2D eigenvalue weighted by atomic mass is 10.0. The number of halogens is 2. The number of hydrogen-bond acceptors (Lipinski definition) is 7. The van der Waals surface area contributed by atoms with E-state index in [1.54, 1.807) is 24.5 Å². The molecule has 1 saturated heterocycles. The van der Waals surface area contributed by atoms with Crippen LogP contribution in [0.2, 0.25) is 0 Å². The molecule has 2 aliphatic rings. The molecule has 1 N–H and O–H groups in total. The highest BCUT2D eigenvalue weighted by Gasteiger charge is 2.45. The van der Waals surface area contributed by atoms with Gasteiger partial charge in [-0.3, -0.25) is 19.7 Å². The highest BCUT2D eigenvalue weighted by Crippen LogP contribution is 2.43. The van der Waals surface area contributed by atoms with Crippen molar-refractivity contribution in [3.63, 3.8) is 0 Å². The number of amides is 1. The van der Waals surface area contributed by atoms with Gasteiger partial charge in [0.05, 0.1) is 23.3 Å². The van der Waals surface area contributed by atoms with Crippen molar-refractivity contribution in [2.45, 2.75) is 57.8 Å². The Bertz CT molecular complexity index is 1320. The normalized spacial score (nSPS) is 21.4. The topological polar surface area (TPSA) is 95.3 Å². The van der Waals surface area contributed by atoms with Gasteiger partial charge < -0.3 is 10.0 Å². The summed E-state index contributed by atoms with van der Waals surface area (Å²) in [7, 11) is 0. The summed E-state index contributed by atoms with van der Waals surface area (Å²) in [6.45, 7) is 6.98. The molecular weight excluding hydrogens is 466 g/mol. The molecule has 0 unspecified atom stereocenters. The molecule has 1 saturated carbocycles. The average molecular weight is 495 g/mol. The molecule has 1 aliphatic carbocycles. The van der Waals surface area contributed by atoms with Crippen LogP contribution in [0.5, 0.6) is 0 Å². The van der Waals surface area contributed by atoms with E-state index in [1.807, 2.05) is 30.6 Å². The zero-order valence-corrected chi connectivity index (χ0v) is 20.4. The van der Waals surface area contributed by atoms with Crippen molar-refractivity contribution < 1.29 is 18.7 Å². The molecule has 3 aromatic heterocycles. The van der Waals surface area contributed by atoms with Crippen LogP contribution in [0.1, 0.15) is 54.1 Å². The van der Waals surface area contributed by atoms with Crippen molar-refractivity contribution in [3.8, 4) is 11.4 Å². The molecule has 0 radical (unpaired) electrons. The van der Waals surface area contributed by atoms with Gasteiger partial charge in [-0.15, -0.1) is 0 Å². The first kappa shape index (κ1) is 24.3. The number of hydrogen-bond donors (Lipinski definition) is 1. The van der Waals surface area contributed by atoms with Crippen LogP contribution in [0.4, 0.5) is 8.78 Å². The first-order valence-corrected chi connectivity index (χ1v) is 12.0. The quantitative estimate of drug-likeness (QED) is 0.582. The maximum Gasteiger partial charge on any atom is 0.254 e. The summed E-state index contributed by atoms with van der Waals surface area (Å²) < 4.78 is 27.4. The second kappa shape index (κ2) is 9.25. The molecule has 1 amide bonds. The molecule has 8 nitrogen and oxygen atoms in total. The van der Waals surface area contributed by atoms with E-state index in [-0.39, 0.29) is 30.2 Å². The van der Waals surface area contributed by atoms with Crippen LogP contribution in [0.3, 0.4) is 0 Å². The first-order valence-electron chi connectivity index (χ1n) is 12.0. The fourth-order valence-corrected chi connectivity index (χ4v) is 4.57. The van der Waals surface area contributed by atoms with E-state index < -0.39 is 17.2 Å². The summed E-state index contributed by atoms with van der Waals surface area (Å²) in [5.74, 6) is -1.12. The van der Waals surface area contributed by atoms with Gasteiger partial charge in [0.15, 0.2) is 5.82 Å². The first-order chi connectivity index (χ1) is 17.1. The lowest BCUT2D eigenvalue weighted by molar-refractivity contribution is 0.0282. The second-order valence-corrected chi connectivity index (χ2v) is 9.85. The standard InChI is InChI=1S/C26H28F2N6O2/c1-15-10-30-22(21-4-7-29-25(32-21)26(36)5-6-26)9-19(15)24(35)34-13-16(2)33(12-17(34)3)14-23-20(28)8-18(27)11-31-23/h4,7-11,16-17,36H,5-6,12-14H2,1-3H3/t16-,17+/m0/s1. The number of rotatable bonds is 5. The summed E-state index contributed by atoms with van der Waals surface area (Å²) in [5, 5.41) is 10.4. The van der Waals surface area contributed by atoms with E-state index in [4.69, 9.17) is 0 Å². The van der Waals surface area contributed by atoms with E-state index in [1.165, 1.54) is 0 Å². The van der Waals surface area contributed by atoms with E-state index in [2.05, 4.69) is 19.9 Å². The number of nitrogens with zero attached hydrogens (tertiary/aromatic N) is 6. The van der Waals surface area contributed by atoms with Crippen molar-refractivity contribution >= 4 is 5.91 Å². The average Bonchev–Trinajstić information content (AvgIpc) is 3.61. The van der Waals surface area contributed by atoms with Gasteiger partial charge in [-0.25, -0.2) is 18.7 Å². The van der Waals surface area contributed by atoms with Gasteiger partial charge in [0.2, 0.25) is 0 Å². The Labute approximate surface area is 208 Å². The number of aryl methyl sites for hydroxylation is 1. The molecule has 2 atom stereocenters. The Morgan fingerprint density at radius 1 is 1.08 bits per heavy atom. The minimum absolute atomic E-state index is 0.0540. The molecule has 5 rings (SSSR count). The van der Waals surface area contributed by atoms with Crippen molar-refractivity contribution in [1.29, 1.82) is 0 Å². The Morgan fingerprint density at radius 3 is 2.58 bits per heavy atom. The smallest absolute Gasteiger partial charge is 0.254 e. The Hall–Kier alpha value is -3.37.